The quantitative estimate of drug-likeness (QED) is 0.478. The first-order valence-corrected chi connectivity index (χ1v) is 12.5. The summed E-state index contributed by atoms with van der Waals surface area (Å²) in [6.45, 7) is 5.74. The number of thiophene rings is 1. The number of para-hydroxylation sites is 1. The molecule has 172 valence electrons. The largest absolute Gasteiger partial charge is 0.322 e. The lowest BCUT2D eigenvalue weighted by Gasteiger charge is -2.24. The number of hydrogen-bond donors (Lipinski definition) is 1. The predicted molar refractivity (Wildman–Crippen MR) is 136 cm³/mol. The number of fused-ring (bicyclic) bond motifs is 1. The van der Waals surface area contributed by atoms with Crippen molar-refractivity contribution in [3.05, 3.63) is 101 Å². The van der Waals surface area contributed by atoms with Gasteiger partial charge in [0.05, 0.1) is 22.0 Å². The van der Waals surface area contributed by atoms with Gasteiger partial charge in [0, 0.05) is 28.9 Å². The molecule has 7 nitrogen and oxygen atoms in total. The Hall–Kier alpha value is -3.56. The smallest absolute Gasteiger partial charge is 0.271 e. The topological polar surface area (TPSA) is 81.3 Å². The zero-order valence-electron chi connectivity index (χ0n) is 19.2. The average Bonchev–Trinajstić information content (AvgIpc) is 3.52. The lowest BCUT2D eigenvalue weighted by atomic mass is 10.0. The van der Waals surface area contributed by atoms with E-state index >= 15 is 0 Å². The van der Waals surface area contributed by atoms with E-state index in [9.17, 15) is 9.59 Å². The Morgan fingerprint density at radius 3 is 2.62 bits per heavy atom. The third-order valence-electron chi connectivity index (χ3n) is 6.03. The van der Waals surface area contributed by atoms with Crippen LogP contribution in [0.2, 0.25) is 0 Å². The van der Waals surface area contributed by atoms with Gasteiger partial charge in [-0.15, -0.1) is 11.3 Å². The van der Waals surface area contributed by atoms with Gasteiger partial charge in [0.25, 0.3) is 11.5 Å². The van der Waals surface area contributed by atoms with E-state index in [0.717, 1.165) is 27.4 Å². The predicted octanol–water partition coefficient (Wildman–Crippen LogP) is 3.29. The van der Waals surface area contributed by atoms with Gasteiger partial charge in [-0.2, -0.15) is 5.10 Å². The van der Waals surface area contributed by atoms with Crippen molar-refractivity contribution in [2.24, 2.45) is 12.0 Å². The summed E-state index contributed by atoms with van der Waals surface area (Å²) in [5, 5.41) is 9.25. The van der Waals surface area contributed by atoms with Gasteiger partial charge in [-0.1, -0.05) is 35.6 Å². The Morgan fingerprint density at radius 1 is 1.15 bits per heavy atom. The Kier molecular flexibility index (Phi) is 5.66. The maximum atomic E-state index is 13.6. The molecule has 0 saturated carbocycles. The molecule has 3 aromatic heterocycles. The summed E-state index contributed by atoms with van der Waals surface area (Å²) in [4.78, 5) is 33.4. The fourth-order valence-electron chi connectivity index (χ4n) is 4.03. The monoisotopic (exact) mass is 489 g/mol. The third kappa shape index (κ3) is 3.76. The molecule has 1 aromatic carbocycles. The highest BCUT2D eigenvalue weighted by Crippen LogP contribution is 2.33. The number of thiazole rings is 1. The van der Waals surface area contributed by atoms with Crippen molar-refractivity contribution < 1.29 is 4.79 Å². The van der Waals surface area contributed by atoms with Crippen LogP contribution in [0.3, 0.4) is 0 Å². The Labute approximate surface area is 204 Å². The molecule has 1 atom stereocenters. The van der Waals surface area contributed by atoms with E-state index in [4.69, 9.17) is 0 Å². The summed E-state index contributed by atoms with van der Waals surface area (Å²) >= 11 is 2.85. The van der Waals surface area contributed by atoms with E-state index in [0.29, 0.717) is 20.6 Å². The van der Waals surface area contributed by atoms with Crippen LogP contribution in [0.25, 0.3) is 6.08 Å². The number of nitrogens with one attached hydrogen (secondary N) is 1. The maximum Gasteiger partial charge on any atom is 0.271 e. The maximum absolute atomic E-state index is 13.6. The molecule has 0 aliphatic carbocycles. The van der Waals surface area contributed by atoms with Crippen LogP contribution in [0.4, 0.5) is 5.69 Å². The van der Waals surface area contributed by atoms with E-state index in [1.165, 1.54) is 22.7 Å². The Morgan fingerprint density at radius 2 is 1.94 bits per heavy atom. The fraction of sp³-hybridized carbons (Fsp3) is 0.200. The minimum atomic E-state index is -0.544. The molecule has 1 N–H and O–H groups in total. The molecular formula is C25H23N5O2S2. The van der Waals surface area contributed by atoms with Crippen LogP contribution in [-0.2, 0) is 11.8 Å². The number of hydrogen-bond acceptors (Lipinski definition) is 6. The number of aromatic nitrogens is 3. The number of allylic oxidation sites excluding steroid dienone is 1. The zero-order valence-corrected chi connectivity index (χ0v) is 20.8. The number of nitrogens with zero attached hydrogens (tertiary/aromatic N) is 4. The summed E-state index contributed by atoms with van der Waals surface area (Å²) in [6.07, 6.45) is 3.60. The summed E-state index contributed by atoms with van der Waals surface area (Å²) in [5.74, 6) is -0.258. The van der Waals surface area contributed by atoms with E-state index in [2.05, 4.69) is 15.4 Å². The highest BCUT2D eigenvalue weighted by molar-refractivity contribution is 7.10. The normalized spacial score (nSPS) is 15.9. The number of aryl methyl sites for hydroxylation is 2. The number of rotatable bonds is 4. The molecule has 0 radical (unpaired) electrons. The molecule has 5 rings (SSSR count). The molecule has 0 unspecified atom stereocenters. The minimum Gasteiger partial charge on any atom is -0.322 e. The van der Waals surface area contributed by atoms with Crippen molar-refractivity contribution in [1.82, 2.24) is 14.3 Å². The highest BCUT2D eigenvalue weighted by atomic mass is 32.1. The molecule has 0 saturated heterocycles. The number of anilines is 1. The van der Waals surface area contributed by atoms with Crippen LogP contribution in [0.15, 0.2) is 69.0 Å². The molecule has 0 spiro atoms. The highest BCUT2D eigenvalue weighted by Gasteiger charge is 2.33. The van der Waals surface area contributed by atoms with Gasteiger partial charge < -0.3 is 5.32 Å². The van der Waals surface area contributed by atoms with Gasteiger partial charge in [0.15, 0.2) is 4.80 Å². The van der Waals surface area contributed by atoms with Crippen LogP contribution in [0.5, 0.6) is 0 Å². The summed E-state index contributed by atoms with van der Waals surface area (Å²) in [7, 11) is 1.87. The average molecular weight is 490 g/mol. The molecule has 4 aromatic rings. The van der Waals surface area contributed by atoms with Crippen molar-refractivity contribution in [3.8, 4) is 0 Å². The molecule has 1 amide bonds. The van der Waals surface area contributed by atoms with Crippen LogP contribution in [0, 0.1) is 13.8 Å². The number of carbonyl (C=O) groups is 1. The SMILES string of the molecule is CC1=C(C(=O)Nc2ccccc2C)[C@H](c2cccs2)n2c(s/c(=C/c3cnn(C)c3C)c2=O)=N1. The van der Waals surface area contributed by atoms with Crippen LogP contribution in [0.1, 0.15) is 34.7 Å². The lowest BCUT2D eigenvalue weighted by molar-refractivity contribution is -0.113. The standard InChI is InChI=1S/C25H23N5O2S2/c1-14-8-5-6-9-18(14)28-23(31)21-15(2)27-25-30(22(21)19-10-7-11-33-19)24(32)20(34-25)12-17-13-26-29(4)16(17)3/h5-13,22H,1-4H3,(H,28,31)/b20-12+/t22-/m0/s1. The van der Waals surface area contributed by atoms with Crippen molar-refractivity contribution in [2.45, 2.75) is 26.8 Å². The zero-order chi connectivity index (χ0) is 24.0. The second-order valence-electron chi connectivity index (χ2n) is 8.18. The van der Waals surface area contributed by atoms with Crippen LogP contribution in [-0.4, -0.2) is 20.3 Å². The fourth-order valence-corrected chi connectivity index (χ4v) is 5.89. The van der Waals surface area contributed by atoms with E-state index in [1.807, 2.05) is 75.7 Å². The molecule has 1 aliphatic rings. The van der Waals surface area contributed by atoms with Gasteiger partial charge in [-0.25, -0.2) is 4.99 Å². The van der Waals surface area contributed by atoms with Gasteiger partial charge in [0.1, 0.15) is 6.04 Å². The molecule has 34 heavy (non-hydrogen) atoms. The van der Waals surface area contributed by atoms with E-state index < -0.39 is 6.04 Å². The van der Waals surface area contributed by atoms with Gasteiger partial charge >= 0.3 is 0 Å². The number of carbonyl (C=O) groups excluding carboxylic acids is 1. The molecule has 0 bridgehead atoms. The molecule has 9 heteroatoms. The summed E-state index contributed by atoms with van der Waals surface area (Å²) < 4.78 is 3.98. The lowest BCUT2D eigenvalue weighted by Crippen LogP contribution is -2.40. The Balaban J connectivity index is 1.66. The minimum absolute atomic E-state index is 0.168. The second-order valence-corrected chi connectivity index (χ2v) is 10.2. The molecule has 0 fully saturated rings. The third-order valence-corrected chi connectivity index (χ3v) is 7.94. The van der Waals surface area contributed by atoms with E-state index in [1.54, 1.807) is 15.4 Å². The van der Waals surface area contributed by atoms with Crippen LogP contribution < -0.4 is 20.2 Å². The number of benzene rings is 1. The van der Waals surface area contributed by atoms with Crippen molar-refractivity contribution in [1.29, 1.82) is 0 Å². The first-order valence-electron chi connectivity index (χ1n) is 10.8. The number of amides is 1. The Bertz CT molecular complexity index is 1620. The van der Waals surface area contributed by atoms with Crippen molar-refractivity contribution >= 4 is 40.3 Å². The van der Waals surface area contributed by atoms with Gasteiger partial charge in [-0.05, 0) is 49.9 Å². The molecular weight excluding hydrogens is 466 g/mol. The molecule has 4 heterocycles. The van der Waals surface area contributed by atoms with E-state index in [-0.39, 0.29) is 11.5 Å². The summed E-state index contributed by atoms with van der Waals surface area (Å²) in [5.41, 5.74) is 4.47. The van der Waals surface area contributed by atoms with Crippen molar-refractivity contribution in [3.63, 3.8) is 0 Å². The van der Waals surface area contributed by atoms with Crippen LogP contribution >= 0.6 is 22.7 Å². The van der Waals surface area contributed by atoms with Gasteiger partial charge in [0.2, 0.25) is 0 Å². The second kappa shape index (κ2) is 8.66. The van der Waals surface area contributed by atoms with Gasteiger partial charge in [-0.3, -0.25) is 18.8 Å². The first-order chi connectivity index (χ1) is 16.3. The first kappa shape index (κ1) is 22.2. The van der Waals surface area contributed by atoms with Crippen molar-refractivity contribution in [2.75, 3.05) is 5.32 Å². The molecule has 1 aliphatic heterocycles. The summed E-state index contributed by atoms with van der Waals surface area (Å²) in [6, 6.07) is 11.0.